The third-order valence-corrected chi connectivity index (χ3v) is 7.25. The molecule has 1 aromatic carbocycles. The van der Waals surface area contributed by atoms with Gasteiger partial charge in [0.2, 0.25) is 15.9 Å². The van der Waals surface area contributed by atoms with Crippen LogP contribution in [0.4, 0.5) is 0 Å². The van der Waals surface area contributed by atoms with E-state index in [0.717, 1.165) is 25.9 Å². The Hall–Kier alpha value is -1.19. The molecule has 1 aromatic rings. The Morgan fingerprint density at radius 1 is 1.11 bits per heavy atom. The fourth-order valence-electron chi connectivity index (χ4n) is 3.81. The van der Waals surface area contributed by atoms with Crippen LogP contribution in [0.2, 0.25) is 0 Å². The average molecular weight is 418 g/mol. The Bertz CT molecular complexity index is 710. The molecule has 152 valence electrons. The first-order valence-electron chi connectivity index (χ1n) is 9.04. The maximum Gasteiger partial charge on any atom is 0.243 e. The molecule has 9 heteroatoms. The molecule has 7 nitrogen and oxygen atoms in total. The summed E-state index contributed by atoms with van der Waals surface area (Å²) in [6.45, 7) is 3.51. The fraction of sp³-hybridized carbons (Fsp3) is 0.611. The van der Waals surface area contributed by atoms with Gasteiger partial charge in [0.1, 0.15) is 0 Å². The summed E-state index contributed by atoms with van der Waals surface area (Å²) in [7, 11) is -1.87. The molecular formula is C18H28ClN3O4S. The van der Waals surface area contributed by atoms with Crippen molar-refractivity contribution < 1.29 is 17.9 Å². The number of carbonyl (C=O) groups is 1. The summed E-state index contributed by atoms with van der Waals surface area (Å²) < 4.78 is 32.3. The van der Waals surface area contributed by atoms with E-state index in [1.165, 1.54) is 4.31 Å². The molecule has 2 fully saturated rings. The number of carbonyl (C=O) groups excluding carboxylic acids is 1. The Morgan fingerprint density at radius 2 is 1.70 bits per heavy atom. The third kappa shape index (κ3) is 4.63. The Labute approximate surface area is 167 Å². The predicted octanol–water partition coefficient (Wildman–Crippen LogP) is 0.957. The van der Waals surface area contributed by atoms with Crippen LogP contribution in [0.1, 0.15) is 12.8 Å². The molecule has 0 radical (unpaired) electrons. The smallest absolute Gasteiger partial charge is 0.243 e. The second kappa shape index (κ2) is 9.34. The van der Waals surface area contributed by atoms with Gasteiger partial charge in [-0.05, 0) is 38.1 Å². The number of hydrogen-bond donors (Lipinski definition) is 1. The first-order valence-corrected chi connectivity index (χ1v) is 10.5. The van der Waals surface area contributed by atoms with Crippen molar-refractivity contribution in [1.82, 2.24) is 14.5 Å². The molecule has 0 saturated carbocycles. The number of halogens is 1. The minimum atomic E-state index is -3.50. The van der Waals surface area contributed by atoms with Gasteiger partial charge in [0.15, 0.2) is 0 Å². The number of rotatable bonds is 5. The van der Waals surface area contributed by atoms with Crippen LogP contribution in [0.25, 0.3) is 0 Å². The van der Waals surface area contributed by atoms with Gasteiger partial charge in [-0.15, -0.1) is 12.4 Å². The maximum atomic E-state index is 13.1. The fourth-order valence-corrected chi connectivity index (χ4v) is 5.25. The summed E-state index contributed by atoms with van der Waals surface area (Å²) in [5.41, 5.74) is -0.486. The van der Waals surface area contributed by atoms with E-state index in [-0.39, 0.29) is 18.3 Å². The van der Waals surface area contributed by atoms with Gasteiger partial charge in [-0.25, -0.2) is 8.42 Å². The lowest BCUT2D eigenvalue weighted by atomic mass is 9.78. The number of amides is 1. The molecule has 27 heavy (non-hydrogen) atoms. The molecule has 1 amide bonds. The van der Waals surface area contributed by atoms with Crippen molar-refractivity contribution in [3.8, 4) is 0 Å². The highest BCUT2D eigenvalue weighted by atomic mass is 35.5. The Morgan fingerprint density at radius 3 is 2.26 bits per heavy atom. The summed E-state index contributed by atoms with van der Waals surface area (Å²) >= 11 is 0. The van der Waals surface area contributed by atoms with Crippen molar-refractivity contribution in [3.05, 3.63) is 30.3 Å². The van der Waals surface area contributed by atoms with E-state index in [1.807, 2.05) is 0 Å². The molecule has 2 aliphatic heterocycles. The lowest BCUT2D eigenvalue weighted by Gasteiger charge is -2.42. The number of nitrogens with zero attached hydrogens (tertiary/aromatic N) is 2. The minimum absolute atomic E-state index is 0. The number of benzene rings is 1. The van der Waals surface area contributed by atoms with E-state index in [2.05, 4.69) is 5.32 Å². The van der Waals surface area contributed by atoms with Crippen molar-refractivity contribution in [2.75, 3.05) is 53.0 Å². The molecule has 0 atom stereocenters. The normalized spacial score (nSPS) is 20.7. The largest absolute Gasteiger partial charge is 0.384 e. The van der Waals surface area contributed by atoms with Crippen LogP contribution >= 0.6 is 12.4 Å². The number of piperazine rings is 1. The predicted molar refractivity (Wildman–Crippen MR) is 105 cm³/mol. The van der Waals surface area contributed by atoms with Crippen molar-refractivity contribution in [2.24, 2.45) is 5.41 Å². The average Bonchev–Trinajstić information content (AvgIpc) is 2.69. The number of hydrogen-bond acceptors (Lipinski definition) is 5. The van der Waals surface area contributed by atoms with Gasteiger partial charge in [0.25, 0.3) is 0 Å². The maximum absolute atomic E-state index is 13.1. The lowest BCUT2D eigenvalue weighted by Crippen LogP contribution is -2.57. The quantitative estimate of drug-likeness (QED) is 0.771. The van der Waals surface area contributed by atoms with E-state index < -0.39 is 15.4 Å². The number of sulfonamides is 1. The van der Waals surface area contributed by atoms with Crippen LogP contribution in [0.15, 0.2) is 35.2 Å². The van der Waals surface area contributed by atoms with Crippen LogP contribution < -0.4 is 5.32 Å². The molecule has 0 aliphatic carbocycles. The summed E-state index contributed by atoms with van der Waals surface area (Å²) in [5.74, 6) is 0.0950. The van der Waals surface area contributed by atoms with Crippen molar-refractivity contribution in [1.29, 1.82) is 0 Å². The van der Waals surface area contributed by atoms with Crippen molar-refractivity contribution >= 4 is 28.3 Å². The second-order valence-corrected chi connectivity index (χ2v) is 8.91. The monoisotopic (exact) mass is 417 g/mol. The van der Waals surface area contributed by atoms with Gasteiger partial charge in [0.05, 0.1) is 16.9 Å². The topological polar surface area (TPSA) is 79.0 Å². The van der Waals surface area contributed by atoms with Crippen molar-refractivity contribution in [2.45, 2.75) is 17.7 Å². The van der Waals surface area contributed by atoms with E-state index >= 15 is 0 Å². The molecule has 2 aliphatic rings. The number of piperidine rings is 1. The second-order valence-electron chi connectivity index (χ2n) is 6.97. The molecule has 0 unspecified atom stereocenters. The number of nitrogens with one attached hydrogen (secondary N) is 1. The zero-order valence-electron chi connectivity index (χ0n) is 15.6. The lowest BCUT2D eigenvalue weighted by molar-refractivity contribution is -0.148. The van der Waals surface area contributed by atoms with E-state index in [1.54, 1.807) is 42.3 Å². The molecular weight excluding hydrogens is 390 g/mol. The number of methoxy groups -OCH3 is 1. The molecule has 0 bridgehead atoms. The van der Waals surface area contributed by atoms with Crippen LogP contribution in [-0.2, 0) is 19.6 Å². The molecule has 2 saturated heterocycles. The molecule has 2 heterocycles. The van der Waals surface area contributed by atoms with Crippen LogP contribution in [0.3, 0.4) is 0 Å². The highest BCUT2D eigenvalue weighted by Crippen LogP contribution is 2.32. The summed E-state index contributed by atoms with van der Waals surface area (Å²) in [6, 6.07) is 8.45. The first-order chi connectivity index (χ1) is 12.5. The molecule has 1 N–H and O–H groups in total. The standard InChI is InChI=1S/C18H27N3O4S.ClH/c1-25-15-18(7-9-19-10-8-18)17(22)20-11-13-21(14-12-20)26(23,24)16-5-3-2-4-6-16;/h2-6,19H,7-15H2,1H3;1H. The SMILES string of the molecule is COCC1(C(=O)N2CCN(S(=O)(=O)c3ccccc3)CC2)CCNCC1.Cl. The Balaban J connectivity index is 0.00000261. The third-order valence-electron chi connectivity index (χ3n) is 5.34. The van der Waals surface area contributed by atoms with Gasteiger partial charge < -0.3 is 15.0 Å². The first kappa shape index (κ1) is 22.1. The van der Waals surface area contributed by atoms with Gasteiger partial charge in [-0.2, -0.15) is 4.31 Å². The summed E-state index contributed by atoms with van der Waals surface area (Å²) in [4.78, 5) is 15.2. The van der Waals surface area contributed by atoms with E-state index in [0.29, 0.717) is 37.7 Å². The molecule has 0 aromatic heterocycles. The molecule has 0 spiro atoms. The van der Waals surface area contributed by atoms with Gasteiger partial charge in [-0.3, -0.25) is 4.79 Å². The zero-order valence-corrected chi connectivity index (χ0v) is 17.2. The number of ether oxygens (including phenoxy) is 1. The van der Waals surface area contributed by atoms with E-state index in [9.17, 15) is 13.2 Å². The van der Waals surface area contributed by atoms with Crippen LogP contribution in [0, 0.1) is 5.41 Å². The van der Waals surface area contributed by atoms with E-state index in [4.69, 9.17) is 4.74 Å². The summed E-state index contributed by atoms with van der Waals surface area (Å²) in [6.07, 6.45) is 1.50. The van der Waals surface area contributed by atoms with Gasteiger partial charge in [0, 0.05) is 33.3 Å². The Kier molecular flexibility index (Phi) is 7.64. The highest BCUT2D eigenvalue weighted by molar-refractivity contribution is 7.89. The minimum Gasteiger partial charge on any atom is -0.384 e. The highest BCUT2D eigenvalue weighted by Gasteiger charge is 2.43. The van der Waals surface area contributed by atoms with Gasteiger partial charge in [-0.1, -0.05) is 18.2 Å². The molecule has 3 rings (SSSR count). The van der Waals surface area contributed by atoms with Crippen LogP contribution in [-0.4, -0.2) is 76.5 Å². The van der Waals surface area contributed by atoms with Crippen molar-refractivity contribution in [3.63, 3.8) is 0 Å². The summed E-state index contributed by atoms with van der Waals surface area (Å²) in [5, 5.41) is 3.29. The zero-order chi connectivity index (χ0) is 18.6. The van der Waals surface area contributed by atoms with Gasteiger partial charge >= 0.3 is 0 Å². The van der Waals surface area contributed by atoms with Crippen LogP contribution in [0.5, 0.6) is 0 Å².